The highest BCUT2D eigenvalue weighted by atomic mass is 79.9. The second-order valence-corrected chi connectivity index (χ2v) is 5.25. The Labute approximate surface area is 124 Å². The minimum atomic E-state index is -2.79. The van der Waals surface area contributed by atoms with E-state index in [1.54, 1.807) is 12.1 Å². The van der Waals surface area contributed by atoms with Crippen LogP contribution in [0.4, 0.5) is 14.5 Å². The Morgan fingerprint density at radius 1 is 1.15 bits per heavy atom. The summed E-state index contributed by atoms with van der Waals surface area (Å²) in [5, 5.41) is 3.31. The molecule has 0 heterocycles. The second-order valence-electron chi connectivity index (χ2n) is 4.34. The first-order valence-corrected chi connectivity index (χ1v) is 6.87. The van der Waals surface area contributed by atoms with Crippen molar-refractivity contribution in [2.24, 2.45) is 0 Å². The number of hydrogen-bond donors (Lipinski definition) is 1. The Morgan fingerprint density at radius 3 is 2.45 bits per heavy atom. The molecule has 106 valence electrons. The zero-order chi connectivity index (χ0) is 14.5. The minimum Gasteiger partial charge on any atom is -0.435 e. The molecule has 2 nitrogen and oxygen atoms in total. The van der Waals surface area contributed by atoms with Gasteiger partial charge in [-0.2, -0.15) is 8.78 Å². The summed E-state index contributed by atoms with van der Waals surface area (Å²) in [7, 11) is 0. The summed E-state index contributed by atoms with van der Waals surface area (Å²) in [6, 6.07) is 12.6. The number of ether oxygens (including phenoxy) is 1. The summed E-state index contributed by atoms with van der Waals surface area (Å²) < 4.78 is 29.4. The maximum absolute atomic E-state index is 12.0. The maximum atomic E-state index is 12.0. The van der Waals surface area contributed by atoms with Gasteiger partial charge in [0.05, 0.1) is 0 Å². The third-order valence-corrected chi connectivity index (χ3v) is 3.31. The van der Waals surface area contributed by atoms with Gasteiger partial charge in [-0.05, 0) is 48.4 Å². The molecule has 0 aliphatic rings. The van der Waals surface area contributed by atoms with Crippen molar-refractivity contribution < 1.29 is 13.5 Å². The number of nitrogens with one attached hydrogen (secondary N) is 1. The number of rotatable bonds is 5. The number of benzene rings is 2. The zero-order valence-electron chi connectivity index (χ0n) is 10.9. The molecular formula is C15H14BrF2NO. The Kier molecular flexibility index (Phi) is 4.95. The van der Waals surface area contributed by atoms with Crippen LogP contribution in [0.5, 0.6) is 5.75 Å². The van der Waals surface area contributed by atoms with Crippen LogP contribution >= 0.6 is 15.9 Å². The first kappa shape index (κ1) is 14.8. The molecule has 0 aliphatic carbocycles. The van der Waals surface area contributed by atoms with Crippen molar-refractivity contribution in [3.63, 3.8) is 0 Å². The highest BCUT2D eigenvalue weighted by molar-refractivity contribution is 9.10. The van der Waals surface area contributed by atoms with Gasteiger partial charge in [0.25, 0.3) is 0 Å². The van der Waals surface area contributed by atoms with E-state index >= 15 is 0 Å². The molecule has 20 heavy (non-hydrogen) atoms. The molecule has 2 aromatic carbocycles. The van der Waals surface area contributed by atoms with Gasteiger partial charge >= 0.3 is 6.61 Å². The van der Waals surface area contributed by atoms with Crippen molar-refractivity contribution in [3.05, 3.63) is 58.1 Å². The molecule has 0 bridgehead atoms. The van der Waals surface area contributed by atoms with Gasteiger partial charge < -0.3 is 10.1 Å². The van der Waals surface area contributed by atoms with Crippen molar-refractivity contribution in [1.29, 1.82) is 0 Å². The summed E-state index contributed by atoms with van der Waals surface area (Å²) in [6.45, 7) is -0.145. The molecule has 2 rings (SSSR count). The van der Waals surface area contributed by atoms with Crippen LogP contribution in [0.25, 0.3) is 0 Å². The smallest absolute Gasteiger partial charge is 0.387 e. The number of halogens is 3. The fourth-order valence-corrected chi connectivity index (χ4v) is 2.29. The lowest BCUT2D eigenvalue weighted by Crippen LogP contribution is -2.03. The van der Waals surface area contributed by atoms with Crippen molar-refractivity contribution in [1.82, 2.24) is 0 Å². The van der Waals surface area contributed by atoms with Gasteiger partial charge in [0, 0.05) is 16.7 Å². The van der Waals surface area contributed by atoms with Crippen molar-refractivity contribution in [2.45, 2.75) is 20.1 Å². The number of anilines is 1. The molecule has 2 aromatic rings. The fourth-order valence-electron chi connectivity index (χ4n) is 1.81. The van der Waals surface area contributed by atoms with Crippen LogP contribution in [-0.2, 0) is 6.54 Å². The predicted molar refractivity (Wildman–Crippen MR) is 79.3 cm³/mol. The third-order valence-electron chi connectivity index (χ3n) is 2.82. The molecule has 0 saturated heterocycles. The van der Waals surface area contributed by atoms with Crippen LogP contribution in [0.1, 0.15) is 11.1 Å². The largest absolute Gasteiger partial charge is 0.435 e. The van der Waals surface area contributed by atoms with E-state index < -0.39 is 6.61 Å². The molecule has 0 spiro atoms. The molecule has 0 amide bonds. The Bertz CT molecular complexity index is 573. The van der Waals surface area contributed by atoms with Crippen LogP contribution in [-0.4, -0.2) is 6.61 Å². The standard InChI is InChI=1S/C15H14BrF2NO/c1-10-8-12(16)4-7-14(10)19-9-11-2-5-13(6-3-11)20-15(17)18/h2-8,15,19H,9H2,1H3. The molecule has 1 N–H and O–H groups in total. The van der Waals surface area contributed by atoms with Gasteiger partial charge in [-0.25, -0.2) is 0 Å². The van der Waals surface area contributed by atoms with E-state index in [0.717, 1.165) is 21.3 Å². The van der Waals surface area contributed by atoms with E-state index in [1.165, 1.54) is 12.1 Å². The fraction of sp³-hybridized carbons (Fsp3) is 0.200. The molecule has 0 fully saturated rings. The molecule has 0 unspecified atom stereocenters. The minimum absolute atomic E-state index is 0.170. The summed E-state index contributed by atoms with van der Waals surface area (Å²) in [5.74, 6) is 0.170. The van der Waals surface area contributed by atoms with Gasteiger partial charge in [0.1, 0.15) is 5.75 Å². The van der Waals surface area contributed by atoms with E-state index in [9.17, 15) is 8.78 Å². The third kappa shape index (κ3) is 4.20. The van der Waals surface area contributed by atoms with E-state index in [-0.39, 0.29) is 5.75 Å². The number of alkyl halides is 2. The predicted octanol–water partition coefficient (Wildman–Crippen LogP) is 4.97. The van der Waals surface area contributed by atoms with Crippen LogP contribution in [0.2, 0.25) is 0 Å². The van der Waals surface area contributed by atoms with Crippen molar-refractivity contribution >= 4 is 21.6 Å². The van der Waals surface area contributed by atoms with Gasteiger partial charge in [0.2, 0.25) is 0 Å². The van der Waals surface area contributed by atoms with Crippen LogP contribution in [0.3, 0.4) is 0 Å². The molecular weight excluding hydrogens is 328 g/mol. The zero-order valence-corrected chi connectivity index (χ0v) is 12.5. The van der Waals surface area contributed by atoms with Crippen molar-refractivity contribution in [2.75, 3.05) is 5.32 Å². The molecule has 0 atom stereocenters. The first-order chi connectivity index (χ1) is 9.54. The average Bonchev–Trinajstić information content (AvgIpc) is 2.39. The molecule has 0 aromatic heterocycles. The lowest BCUT2D eigenvalue weighted by Gasteiger charge is -2.10. The molecule has 0 radical (unpaired) electrons. The Hall–Kier alpha value is -1.62. The Balaban J connectivity index is 1.96. The summed E-state index contributed by atoms with van der Waals surface area (Å²) >= 11 is 3.42. The van der Waals surface area contributed by atoms with E-state index in [1.807, 2.05) is 25.1 Å². The molecule has 5 heteroatoms. The maximum Gasteiger partial charge on any atom is 0.387 e. The van der Waals surface area contributed by atoms with Gasteiger partial charge in [-0.3, -0.25) is 0 Å². The van der Waals surface area contributed by atoms with Gasteiger partial charge in [-0.1, -0.05) is 28.1 Å². The van der Waals surface area contributed by atoms with E-state index in [4.69, 9.17) is 0 Å². The molecule has 0 saturated carbocycles. The highest BCUT2D eigenvalue weighted by Gasteiger charge is 2.04. The number of hydrogen-bond acceptors (Lipinski definition) is 2. The molecule has 0 aliphatic heterocycles. The lowest BCUT2D eigenvalue weighted by molar-refractivity contribution is -0.0498. The van der Waals surface area contributed by atoms with E-state index in [0.29, 0.717) is 6.54 Å². The highest BCUT2D eigenvalue weighted by Crippen LogP contribution is 2.21. The lowest BCUT2D eigenvalue weighted by atomic mass is 10.1. The SMILES string of the molecule is Cc1cc(Br)ccc1NCc1ccc(OC(F)F)cc1. The number of aryl methyl sites for hydroxylation is 1. The summed E-state index contributed by atoms with van der Waals surface area (Å²) in [5.41, 5.74) is 3.17. The van der Waals surface area contributed by atoms with Gasteiger partial charge in [0.15, 0.2) is 0 Å². The summed E-state index contributed by atoms with van der Waals surface area (Å²) in [6.07, 6.45) is 0. The van der Waals surface area contributed by atoms with Crippen LogP contribution < -0.4 is 10.1 Å². The van der Waals surface area contributed by atoms with Crippen LogP contribution in [0, 0.1) is 6.92 Å². The Morgan fingerprint density at radius 2 is 1.85 bits per heavy atom. The van der Waals surface area contributed by atoms with Crippen molar-refractivity contribution in [3.8, 4) is 5.75 Å². The summed E-state index contributed by atoms with van der Waals surface area (Å²) in [4.78, 5) is 0. The monoisotopic (exact) mass is 341 g/mol. The second kappa shape index (κ2) is 6.70. The van der Waals surface area contributed by atoms with Crippen LogP contribution in [0.15, 0.2) is 46.9 Å². The van der Waals surface area contributed by atoms with E-state index in [2.05, 4.69) is 26.0 Å². The quantitative estimate of drug-likeness (QED) is 0.828. The topological polar surface area (TPSA) is 21.3 Å². The van der Waals surface area contributed by atoms with Gasteiger partial charge in [-0.15, -0.1) is 0 Å². The first-order valence-electron chi connectivity index (χ1n) is 6.08. The normalized spacial score (nSPS) is 10.7. The average molecular weight is 342 g/mol.